The fourth-order valence-electron chi connectivity index (χ4n) is 7.10. The van der Waals surface area contributed by atoms with E-state index in [0.29, 0.717) is 5.89 Å². The van der Waals surface area contributed by atoms with Gasteiger partial charge in [-0.25, -0.2) is 4.98 Å². The number of rotatable bonds is 8. The maximum absolute atomic E-state index is 6.23. The number of anilines is 3. The number of hydrogen-bond donors (Lipinski definition) is 0. The molecule has 53 heavy (non-hydrogen) atoms. The molecule has 0 radical (unpaired) electrons. The second-order valence-electron chi connectivity index (χ2n) is 13.3. The molecule has 0 fully saturated rings. The van der Waals surface area contributed by atoms with Crippen LogP contribution < -0.4 is 4.90 Å². The van der Waals surface area contributed by atoms with Crippen molar-refractivity contribution >= 4 is 28.2 Å². The summed E-state index contributed by atoms with van der Waals surface area (Å²) in [5.74, 6) is 0.618. The van der Waals surface area contributed by atoms with Crippen molar-refractivity contribution < 1.29 is 4.42 Å². The van der Waals surface area contributed by atoms with E-state index in [1.54, 1.807) is 0 Å². The molecule has 0 N–H and O–H groups in total. The highest BCUT2D eigenvalue weighted by molar-refractivity contribution is 5.92. The van der Waals surface area contributed by atoms with Crippen LogP contribution in [-0.4, -0.2) is 4.98 Å². The Labute approximate surface area is 310 Å². The van der Waals surface area contributed by atoms with Gasteiger partial charge in [0.15, 0.2) is 5.58 Å². The molecule has 0 spiro atoms. The highest BCUT2D eigenvalue weighted by Crippen LogP contribution is 2.41. The zero-order valence-electron chi connectivity index (χ0n) is 29.4. The Bertz CT molecular complexity index is 2600. The van der Waals surface area contributed by atoms with Gasteiger partial charge in [0.25, 0.3) is 0 Å². The van der Waals surface area contributed by atoms with Crippen molar-refractivity contribution in [2.75, 3.05) is 4.90 Å². The van der Waals surface area contributed by atoms with Crippen LogP contribution in [0.4, 0.5) is 17.1 Å². The number of fused-ring (bicyclic) bond motifs is 1. The first-order chi connectivity index (χ1) is 26.2. The summed E-state index contributed by atoms with van der Waals surface area (Å²) in [6.07, 6.45) is 0. The summed E-state index contributed by atoms with van der Waals surface area (Å²) in [6, 6.07) is 70.6. The van der Waals surface area contributed by atoms with Gasteiger partial charge in [-0.2, -0.15) is 0 Å². The van der Waals surface area contributed by atoms with Crippen LogP contribution in [0.15, 0.2) is 205 Å². The predicted molar refractivity (Wildman–Crippen MR) is 221 cm³/mol. The van der Waals surface area contributed by atoms with E-state index in [-0.39, 0.29) is 0 Å². The van der Waals surface area contributed by atoms with Gasteiger partial charge in [0.1, 0.15) is 5.52 Å². The van der Waals surface area contributed by atoms with E-state index >= 15 is 0 Å². The highest BCUT2D eigenvalue weighted by atomic mass is 16.3. The van der Waals surface area contributed by atoms with E-state index in [1.165, 1.54) is 33.4 Å². The monoisotopic (exact) mass is 680 g/mol. The van der Waals surface area contributed by atoms with Crippen LogP contribution in [0.1, 0.15) is 5.56 Å². The van der Waals surface area contributed by atoms with E-state index in [4.69, 9.17) is 9.40 Å². The van der Waals surface area contributed by atoms with Gasteiger partial charge in [-0.1, -0.05) is 145 Å². The fourth-order valence-corrected chi connectivity index (χ4v) is 7.10. The summed E-state index contributed by atoms with van der Waals surface area (Å²) >= 11 is 0. The van der Waals surface area contributed by atoms with Gasteiger partial charge >= 0.3 is 0 Å². The maximum atomic E-state index is 6.23. The second-order valence-corrected chi connectivity index (χ2v) is 13.3. The van der Waals surface area contributed by atoms with E-state index in [2.05, 4.69) is 206 Å². The van der Waals surface area contributed by atoms with Crippen molar-refractivity contribution in [3.05, 3.63) is 206 Å². The van der Waals surface area contributed by atoms with Gasteiger partial charge in [0.2, 0.25) is 5.89 Å². The van der Waals surface area contributed by atoms with Crippen LogP contribution in [0.3, 0.4) is 0 Å². The van der Waals surface area contributed by atoms with Gasteiger partial charge in [-0.3, -0.25) is 0 Å². The van der Waals surface area contributed by atoms with Crippen molar-refractivity contribution in [3.8, 4) is 56.0 Å². The van der Waals surface area contributed by atoms with Crippen molar-refractivity contribution in [1.29, 1.82) is 0 Å². The molecule has 9 aromatic rings. The van der Waals surface area contributed by atoms with Gasteiger partial charge in [-0.15, -0.1) is 0 Å². The summed E-state index contributed by atoms with van der Waals surface area (Å²) in [6.45, 7) is 2.10. The minimum absolute atomic E-state index is 0.618. The molecule has 1 aromatic heterocycles. The standard InChI is InChI=1S/C50H36N2O/c1-35-20-22-36(23-21-35)40-30-33-49-48(34-40)51-50(53-49)39-26-24-37(25-27-39)44-16-8-10-18-46(44)47-19-11-9-17-45(47)38-28-31-43(32-29-38)52(41-12-4-2-5-13-41)42-14-6-3-7-15-42/h2-34H,1H3. The van der Waals surface area contributed by atoms with Crippen LogP contribution >= 0.6 is 0 Å². The molecule has 0 unspecified atom stereocenters. The Morgan fingerprint density at radius 2 is 0.811 bits per heavy atom. The zero-order valence-corrected chi connectivity index (χ0v) is 29.4. The summed E-state index contributed by atoms with van der Waals surface area (Å²) in [5, 5.41) is 0. The van der Waals surface area contributed by atoms with E-state index in [0.717, 1.165) is 50.4 Å². The average Bonchev–Trinajstić information content (AvgIpc) is 3.66. The van der Waals surface area contributed by atoms with Crippen LogP contribution in [0, 0.1) is 6.92 Å². The molecule has 252 valence electrons. The molecule has 0 saturated carbocycles. The number of para-hydroxylation sites is 2. The lowest BCUT2D eigenvalue weighted by atomic mass is 9.89. The van der Waals surface area contributed by atoms with Crippen LogP contribution in [0.25, 0.3) is 67.1 Å². The topological polar surface area (TPSA) is 29.3 Å². The van der Waals surface area contributed by atoms with Crippen molar-refractivity contribution in [1.82, 2.24) is 4.98 Å². The Morgan fingerprint density at radius 1 is 0.377 bits per heavy atom. The molecule has 3 heteroatoms. The molecular formula is C50H36N2O. The number of aryl methyl sites for hydroxylation is 1. The summed E-state index contributed by atoms with van der Waals surface area (Å²) in [7, 11) is 0. The molecule has 3 nitrogen and oxygen atoms in total. The van der Waals surface area contributed by atoms with Crippen molar-refractivity contribution in [2.24, 2.45) is 0 Å². The number of nitrogens with zero attached hydrogens (tertiary/aromatic N) is 2. The molecule has 0 amide bonds. The Kier molecular flexibility index (Phi) is 8.43. The number of oxazole rings is 1. The minimum atomic E-state index is 0.618. The maximum Gasteiger partial charge on any atom is 0.227 e. The highest BCUT2D eigenvalue weighted by Gasteiger charge is 2.16. The van der Waals surface area contributed by atoms with E-state index in [1.807, 2.05) is 6.07 Å². The normalized spacial score (nSPS) is 11.1. The first-order valence-electron chi connectivity index (χ1n) is 18.0. The van der Waals surface area contributed by atoms with Gasteiger partial charge in [0.05, 0.1) is 0 Å². The third kappa shape index (κ3) is 6.41. The zero-order chi connectivity index (χ0) is 35.6. The van der Waals surface area contributed by atoms with Crippen LogP contribution in [0.2, 0.25) is 0 Å². The Hall–Kier alpha value is -6.97. The van der Waals surface area contributed by atoms with E-state index < -0.39 is 0 Å². The fraction of sp³-hybridized carbons (Fsp3) is 0.0200. The smallest absolute Gasteiger partial charge is 0.227 e. The van der Waals surface area contributed by atoms with E-state index in [9.17, 15) is 0 Å². The quantitative estimate of drug-likeness (QED) is 0.160. The lowest BCUT2D eigenvalue weighted by Gasteiger charge is -2.25. The third-order valence-electron chi connectivity index (χ3n) is 9.82. The molecule has 0 aliphatic rings. The lowest BCUT2D eigenvalue weighted by Crippen LogP contribution is -2.09. The largest absolute Gasteiger partial charge is 0.436 e. The Balaban J connectivity index is 1.02. The Morgan fingerprint density at radius 3 is 1.38 bits per heavy atom. The first kappa shape index (κ1) is 32.0. The number of benzene rings is 8. The molecular weight excluding hydrogens is 645 g/mol. The number of hydrogen-bond acceptors (Lipinski definition) is 3. The number of aromatic nitrogens is 1. The second kappa shape index (κ2) is 14.0. The van der Waals surface area contributed by atoms with Gasteiger partial charge < -0.3 is 9.32 Å². The minimum Gasteiger partial charge on any atom is -0.436 e. The van der Waals surface area contributed by atoms with Crippen LogP contribution in [0.5, 0.6) is 0 Å². The summed E-state index contributed by atoms with van der Waals surface area (Å²) < 4.78 is 6.23. The molecule has 1 heterocycles. The van der Waals surface area contributed by atoms with Crippen molar-refractivity contribution in [2.45, 2.75) is 6.92 Å². The molecule has 0 saturated heterocycles. The molecule has 0 bridgehead atoms. The molecule has 0 atom stereocenters. The van der Waals surface area contributed by atoms with Crippen LogP contribution in [-0.2, 0) is 0 Å². The van der Waals surface area contributed by atoms with Gasteiger partial charge in [0, 0.05) is 22.6 Å². The first-order valence-corrected chi connectivity index (χ1v) is 18.0. The summed E-state index contributed by atoms with van der Waals surface area (Å²) in [4.78, 5) is 7.17. The van der Waals surface area contributed by atoms with Crippen molar-refractivity contribution in [3.63, 3.8) is 0 Å². The average molecular weight is 681 g/mol. The summed E-state index contributed by atoms with van der Waals surface area (Å²) in [5.41, 5.74) is 16.5. The molecule has 9 rings (SSSR count). The lowest BCUT2D eigenvalue weighted by molar-refractivity contribution is 0.620. The molecule has 0 aliphatic heterocycles. The molecule has 0 aliphatic carbocycles. The SMILES string of the molecule is Cc1ccc(-c2ccc3oc(-c4ccc(-c5ccccc5-c5ccccc5-c5ccc(N(c6ccccc6)c6ccccc6)cc5)cc4)nc3c2)cc1. The predicted octanol–water partition coefficient (Wildman–Crippen LogP) is 13.9. The molecule has 8 aromatic carbocycles. The van der Waals surface area contributed by atoms with Gasteiger partial charge in [-0.05, 0) is 112 Å². The third-order valence-corrected chi connectivity index (χ3v) is 9.82.